The molecule has 2 aromatic heterocycles. The molecule has 1 aromatic carbocycles. The van der Waals surface area contributed by atoms with E-state index in [9.17, 15) is 40.7 Å². The van der Waals surface area contributed by atoms with Gasteiger partial charge in [-0.05, 0) is 30.7 Å². The molecule has 0 aliphatic heterocycles. The van der Waals surface area contributed by atoms with E-state index in [0.717, 1.165) is 22.2 Å². The van der Waals surface area contributed by atoms with Gasteiger partial charge in [-0.1, -0.05) is 0 Å². The van der Waals surface area contributed by atoms with Crippen molar-refractivity contribution in [2.24, 2.45) is 5.73 Å². The smallest absolute Gasteiger partial charge is 0.365 e. The number of carbonyl (C=O) groups is 2. The molecule has 7 nitrogen and oxygen atoms in total. The number of nitrogens with one attached hydrogen (secondary N) is 1. The molecule has 0 saturated heterocycles. The fraction of sp³-hybridized carbons (Fsp3) is 0.222. The van der Waals surface area contributed by atoms with Crippen molar-refractivity contribution in [3.8, 4) is 0 Å². The van der Waals surface area contributed by atoms with Crippen LogP contribution in [0.3, 0.4) is 0 Å². The van der Waals surface area contributed by atoms with E-state index in [1.54, 1.807) is 0 Å². The highest BCUT2D eigenvalue weighted by Crippen LogP contribution is 2.37. The first-order valence-electron chi connectivity index (χ1n) is 8.56. The summed E-state index contributed by atoms with van der Waals surface area (Å²) in [6.45, 7) is 0.703. The number of primary amides is 1. The number of nitrogens with zero attached hydrogens (tertiary/aromatic N) is 2. The summed E-state index contributed by atoms with van der Waals surface area (Å²) in [5.41, 5.74) is 0.796. The van der Waals surface area contributed by atoms with Crippen LogP contribution in [-0.2, 0) is 23.7 Å². The monoisotopic (exact) mass is 478 g/mol. The normalized spacial score (nSPS) is 12.2. The second kappa shape index (κ2) is 7.93. The fourth-order valence-corrected chi connectivity index (χ4v) is 3.88. The summed E-state index contributed by atoms with van der Waals surface area (Å²) < 4.78 is 78.5. The van der Waals surface area contributed by atoms with Crippen molar-refractivity contribution in [3.63, 3.8) is 0 Å². The summed E-state index contributed by atoms with van der Waals surface area (Å²) in [4.78, 5) is 40.6. The summed E-state index contributed by atoms with van der Waals surface area (Å²) in [6, 6.07) is 0.618. The van der Waals surface area contributed by atoms with Crippen molar-refractivity contribution in [2.75, 3.05) is 5.32 Å². The number of rotatable bonds is 4. The predicted molar refractivity (Wildman–Crippen MR) is 102 cm³/mol. The summed E-state index contributed by atoms with van der Waals surface area (Å²) >= 11 is 0.872. The zero-order valence-electron chi connectivity index (χ0n) is 15.9. The minimum Gasteiger partial charge on any atom is -0.365 e. The van der Waals surface area contributed by atoms with Crippen LogP contribution < -0.4 is 16.6 Å². The van der Waals surface area contributed by atoms with E-state index in [1.165, 1.54) is 6.92 Å². The second-order valence-corrected chi connectivity index (χ2v) is 7.62. The topological polar surface area (TPSA) is 107 Å². The maximum Gasteiger partial charge on any atom is 0.416 e. The highest BCUT2D eigenvalue weighted by molar-refractivity contribution is 7.20. The van der Waals surface area contributed by atoms with Gasteiger partial charge in [0.1, 0.15) is 11.4 Å². The van der Waals surface area contributed by atoms with E-state index < -0.39 is 53.1 Å². The number of aryl methyl sites for hydroxylation is 1. The van der Waals surface area contributed by atoms with Gasteiger partial charge in [-0.25, -0.2) is 4.98 Å². The lowest BCUT2D eigenvalue weighted by Crippen LogP contribution is -2.28. The number of carbonyl (C=O) groups excluding carboxylic acids is 2. The Morgan fingerprint density at radius 2 is 1.66 bits per heavy atom. The Bertz CT molecular complexity index is 1260. The first-order valence-corrected chi connectivity index (χ1v) is 9.38. The Balaban J connectivity index is 1.93. The molecule has 0 fully saturated rings. The molecule has 2 amide bonds. The van der Waals surface area contributed by atoms with Gasteiger partial charge < -0.3 is 11.1 Å². The van der Waals surface area contributed by atoms with Gasteiger partial charge in [-0.15, -0.1) is 11.3 Å². The number of hydrogen-bond acceptors (Lipinski definition) is 5. The maximum atomic E-state index is 13.0. The van der Waals surface area contributed by atoms with E-state index in [-0.39, 0.29) is 26.7 Å². The predicted octanol–water partition coefficient (Wildman–Crippen LogP) is 3.54. The molecule has 32 heavy (non-hydrogen) atoms. The van der Waals surface area contributed by atoms with Gasteiger partial charge in [-0.3, -0.25) is 19.0 Å². The van der Waals surface area contributed by atoms with Crippen LogP contribution in [0, 0.1) is 6.92 Å². The van der Waals surface area contributed by atoms with Crippen LogP contribution in [0.2, 0.25) is 0 Å². The van der Waals surface area contributed by atoms with Gasteiger partial charge >= 0.3 is 12.4 Å². The molecule has 14 heteroatoms. The number of thiophene rings is 1. The standard InChI is InChI=1S/C18H12F6N4O3S/c1-7-12-15(32-13(7)14(25)30)26-6-28(16(12)31)5-11(29)27-10-3-8(17(19,20)21)2-9(4-10)18(22,23)24/h2-4,6H,5H2,1H3,(H2,25,30)(H,27,29). The highest BCUT2D eigenvalue weighted by Gasteiger charge is 2.37. The third-order valence-electron chi connectivity index (χ3n) is 4.33. The number of anilines is 1. The zero-order chi connectivity index (χ0) is 24.0. The first kappa shape index (κ1) is 23.2. The molecule has 3 aromatic rings. The Kier molecular flexibility index (Phi) is 5.76. The molecule has 2 heterocycles. The average molecular weight is 478 g/mol. The number of nitrogens with two attached hydrogens (primary N) is 1. The van der Waals surface area contributed by atoms with Gasteiger partial charge in [0.15, 0.2) is 0 Å². The first-order chi connectivity index (χ1) is 14.7. The van der Waals surface area contributed by atoms with Crippen molar-refractivity contribution < 1.29 is 35.9 Å². The number of halogens is 6. The molecule has 3 N–H and O–H groups in total. The Labute approximate surface area is 178 Å². The Morgan fingerprint density at radius 1 is 1.09 bits per heavy atom. The number of fused-ring (bicyclic) bond motifs is 1. The van der Waals surface area contributed by atoms with Crippen molar-refractivity contribution in [1.29, 1.82) is 0 Å². The number of amides is 2. The lowest BCUT2D eigenvalue weighted by molar-refractivity contribution is -0.143. The number of benzene rings is 1. The average Bonchev–Trinajstić information content (AvgIpc) is 3.00. The number of alkyl halides is 6. The van der Waals surface area contributed by atoms with E-state index in [2.05, 4.69) is 4.98 Å². The molecule has 0 aliphatic carbocycles. The lowest BCUT2D eigenvalue weighted by atomic mass is 10.1. The SMILES string of the molecule is Cc1c(C(N)=O)sc2ncn(CC(=O)Nc3cc(C(F)(F)F)cc(C(F)(F)F)c3)c(=O)c12. The minimum absolute atomic E-state index is 0.0255. The molecule has 0 atom stereocenters. The van der Waals surface area contributed by atoms with Gasteiger partial charge in [-0.2, -0.15) is 26.3 Å². The van der Waals surface area contributed by atoms with E-state index in [0.29, 0.717) is 12.1 Å². The molecule has 0 spiro atoms. The van der Waals surface area contributed by atoms with E-state index in [1.807, 2.05) is 5.32 Å². The van der Waals surface area contributed by atoms with Crippen LogP contribution >= 0.6 is 11.3 Å². The summed E-state index contributed by atoms with van der Waals surface area (Å²) in [5, 5.41) is 1.96. The second-order valence-electron chi connectivity index (χ2n) is 6.62. The molecule has 0 unspecified atom stereocenters. The van der Waals surface area contributed by atoms with Crippen LogP contribution in [0.4, 0.5) is 32.0 Å². The van der Waals surface area contributed by atoms with Gasteiger partial charge in [0, 0.05) is 5.69 Å². The maximum absolute atomic E-state index is 13.0. The molecule has 0 bridgehead atoms. The van der Waals surface area contributed by atoms with E-state index >= 15 is 0 Å². The van der Waals surface area contributed by atoms with Crippen molar-refractivity contribution in [3.05, 3.63) is 56.4 Å². The zero-order valence-corrected chi connectivity index (χ0v) is 16.7. The number of hydrogen-bond donors (Lipinski definition) is 2. The van der Waals surface area contributed by atoms with Crippen LogP contribution in [0.1, 0.15) is 26.4 Å². The summed E-state index contributed by atoms with van der Waals surface area (Å²) in [5.74, 6) is -1.84. The lowest BCUT2D eigenvalue weighted by Gasteiger charge is -2.15. The third-order valence-corrected chi connectivity index (χ3v) is 5.54. The number of aromatic nitrogens is 2. The highest BCUT2D eigenvalue weighted by atomic mass is 32.1. The largest absolute Gasteiger partial charge is 0.416 e. The van der Waals surface area contributed by atoms with Crippen molar-refractivity contribution in [2.45, 2.75) is 25.8 Å². The van der Waals surface area contributed by atoms with E-state index in [4.69, 9.17) is 5.73 Å². The van der Waals surface area contributed by atoms with Crippen molar-refractivity contribution >= 4 is 39.1 Å². The molecule has 0 saturated carbocycles. The Hall–Kier alpha value is -3.42. The summed E-state index contributed by atoms with van der Waals surface area (Å²) in [6.07, 6.45) is -9.19. The van der Waals surface area contributed by atoms with Gasteiger partial charge in [0.2, 0.25) is 5.91 Å². The molecular weight excluding hydrogens is 466 g/mol. The fourth-order valence-electron chi connectivity index (χ4n) is 2.89. The molecule has 0 aliphatic rings. The van der Waals surface area contributed by atoms with Crippen LogP contribution in [0.15, 0.2) is 29.3 Å². The molecular formula is C18H12F6N4O3S. The van der Waals surface area contributed by atoms with Crippen LogP contribution in [0.5, 0.6) is 0 Å². The third kappa shape index (κ3) is 4.59. The van der Waals surface area contributed by atoms with Crippen molar-refractivity contribution in [1.82, 2.24) is 9.55 Å². The molecule has 170 valence electrons. The van der Waals surface area contributed by atoms with Gasteiger partial charge in [0.25, 0.3) is 11.5 Å². The summed E-state index contributed by atoms with van der Waals surface area (Å²) in [7, 11) is 0. The van der Waals surface area contributed by atoms with Gasteiger partial charge in [0.05, 0.1) is 27.7 Å². The Morgan fingerprint density at radius 3 is 2.16 bits per heavy atom. The molecule has 3 rings (SSSR count). The molecule has 0 radical (unpaired) electrons. The van der Waals surface area contributed by atoms with Crippen LogP contribution in [0.25, 0.3) is 10.2 Å². The van der Waals surface area contributed by atoms with Crippen LogP contribution in [-0.4, -0.2) is 21.4 Å². The quantitative estimate of drug-likeness (QED) is 0.560. The minimum atomic E-state index is -5.08.